The molecule has 2 nitrogen and oxygen atoms in total. The summed E-state index contributed by atoms with van der Waals surface area (Å²) < 4.78 is 0. The second-order valence-electron chi connectivity index (χ2n) is 3.37. The van der Waals surface area contributed by atoms with Crippen LogP contribution in [0.15, 0.2) is 12.2 Å². The van der Waals surface area contributed by atoms with E-state index in [1.54, 1.807) is 0 Å². The van der Waals surface area contributed by atoms with E-state index in [2.05, 4.69) is 33.8 Å². The molecule has 0 spiro atoms. The lowest BCUT2D eigenvalue weighted by Crippen LogP contribution is -2.22. The molecule has 2 heteroatoms. The van der Waals surface area contributed by atoms with Crippen LogP contribution in [-0.4, -0.2) is 12.7 Å². The molecule has 0 fully saturated rings. The van der Waals surface area contributed by atoms with Crippen molar-refractivity contribution in [2.75, 3.05) is 6.61 Å². The van der Waals surface area contributed by atoms with Gasteiger partial charge in [-0.15, -0.1) is 0 Å². The van der Waals surface area contributed by atoms with Gasteiger partial charge in [0.2, 0.25) is 0 Å². The molecule has 0 aromatic rings. The highest BCUT2D eigenvalue weighted by Crippen LogP contribution is 2.15. The largest absolute Gasteiger partial charge is 0.232 e. The quantitative estimate of drug-likeness (QED) is 0.486. The fourth-order valence-corrected chi connectivity index (χ4v) is 0.896. The van der Waals surface area contributed by atoms with Gasteiger partial charge < -0.3 is 0 Å². The monoisotopic (exact) mass is 186 g/mol. The lowest BCUT2D eigenvalue weighted by atomic mass is 10.0. The Kier molecular flexibility index (Phi) is 8.05. The molecule has 0 radical (unpaired) electrons. The molecule has 1 aliphatic rings. The normalized spacial score (nSPS) is 23.2. The molecule has 0 bridgehead atoms. The molecule has 0 aromatic carbocycles. The van der Waals surface area contributed by atoms with Gasteiger partial charge in [0, 0.05) is 0 Å². The highest BCUT2D eigenvalue weighted by atomic mass is 17.2. The van der Waals surface area contributed by atoms with Gasteiger partial charge in [0.15, 0.2) is 0 Å². The summed E-state index contributed by atoms with van der Waals surface area (Å²) in [5, 5.41) is 0. The standard InChI is InChI=1S/C8H14O2.C3H8/c1-3-7(2)8-5-4-6-9-10-8;1-3-2/h4-5,7-8H,3,6H2,1-2H3;3H2,1-2H3. The van der Waals surface area contributed by atoms with Crippen molar-refractivity contribution in [2.45, 2.75) is 46.6 Å². The lowest BCUT2D eigenvalue weighted by molar-refractivity contribution is -0.321. The highest BCUT2D eigenvalue weighted by Gasteiger charge is 2.15. The van der Waals surface area contributed by atoms with E-state index in [-0.39, 0.29) is 6.10 Å². The molecule has 0 amide bonds. The Labute approximate surface area is 81.9 Å². The van der Waals surface area contributed by atoms with Crippen molar-refractivity contribution < 1.29 is 9.78 Å². The molecule has 2 atom stereocenters. The first-order chi connectivity index (χ1) is 6.26. The molecule has 0 saturated heterocycles. The van der Waals surface area contributed by atoms with E-state index in [0.717, 1.165) is 6.42 Å². The molecular weight excluding hydrogens is 164 g/mol. The minimum atomic E-state index is 0.166. The maximum atomic E-state index is 5.04. The Bertz CT molecular complexity index is 132. The van der Waals surface area contributed by atoms with Crippen molar-refractivity contribution in [3.05, 3.63) is 12.2 Å². The molecule has 0 aromatic heterocycles. The summed E-state index contributed by atoms with van der Waals surface area (Å²) >= 11 is 0. The van der Waals surface area contributed by atoms with Gasteiger partial charge in [0.1, 0.15) is 12.7 Å². The van der Waals surface area contributed by atoms with Gasteiger partial charge in [-0.25, -0.2) is 9.78 Å². The van der Waals surface area contributed by atoms with Crippen molar-refractivity contribution in [1.29, 1.82) is 0 Å². The van der Waals surface area contributed by atoms with Crippen LogP contribution in [0.2, 0.25) is 0 Å². The van der Waals surface area contributed by atoms with Gasteiger partial charge in [-0.1, -0.05) is 52.7 Å². The van der Waals surface area contributed by atoms with Crippen LogP contribution in [0.5, 0.6) is 0 Å². The SMILES string of the molecule is CCC.CCC(C)C1C=CCOO1. The molecule has 1 rings (SSSR count). The summed E-state index contributed by atoms with van der Waals surface area (Å²) in [6.07, 6.45) is 6.61. The van der Waals surface area contributed by atoms with E-state index in [1.807, 2.05) is 6.08 Å². The maximum absolute atomic E-state index is 5.04. The average Bonchev–Trinajstić information content (AvgIpc) is 2.19. The first-order valence-electron chi connectivity index (χ1n) is 5.21. The third-order valence-corrected chi connectivity index (χ3v) is 1.87. The van der Waals surface area contributed by atoms with Gasteiger partial charge in [-0.2, -0.15) is 0 Å². The molecule has 1 aliphatic heterocycles. The Morgan fingerprint density at radius 2 is 2.00 bits per heavy atom. The van der Waals surface area contributed by atoms with E-state index >= 15 is 0 Å². The number of hydrogen-bond acceptors (Lipinski definition) is 2. The zero-order valence-corrected chi connectivity index (χ0v) is 9.25. The second-order valence-corrected chi connectivity index (χ2v) is 3.37. The summed E-state index contributed by atoms with van der Waals surface area (Å²) in [5.74, 6) is 0.552. The maximum Gasteiger partial charge on any atom is 0.114 e. The zero-order chi connectivity index (χ0) is 10.1. The first kappa shape index (κ1) is 12.7. The van der Waals surface area contributed by atoms with Gasteiger partial charge >= 0.3 is 0 Å². The van der Waals surface area contributed by atoms with E-state index in [0.29, 0.717) is 12.5 Å². The van der Waals surface area contributed by atoms with Crippen LogP contribution < -0.4 is 0 Å². The average molecular weight is 186 g/mol. The topological polar surface area (TPSA) is 18.5 Å². The minimum absolute atomic E-state index is 0.166. The van der Waals surface area contributed by atoms with Crippen molar-refractivity contribution in [3.8, 4) is 0 Å². The highest BCUT2D eigenvalue weighted by molar-refractivity contribution is 4.92. The molecule has 2 unspecified atom stereocenters. The van der Waals surface area contributed by atoms with Crippen LogP contribution in [0, 0.1) is 5.92 Å². The van der Waals surface area contributed by atoms with Gasteiger partial charge in [0.25, 0.3) is 0 Å². The Morgan fingerprint density at radius 1 is 1.38 bits per heavy atom. The zero-order valence-electron chi connectivity index (χ0n) is 9.25. The van der Waals surface area contributed by atoms with Crippen molar-refractivity contribution in [3.63, 3.8) is 0 Å². The van der Waals surface area contributed by atoms with Crippen LogP contribution in [0.3, 0.4) is 0 Å². The molecule has 78 valence electrons. The van der Waals surface area contributed by atoms with E-state index < -0.39 is 0 Å². The Balaban J connectivity index is 0.000000424. The fraction of sp³-hybridized carbons (Fsp3) is 0.818. The van der Waals surface area contributed by atoms with Crippen molar-refractivity contribution in [2.24, 2.45) is 5.92 Å². The third kappa shape index (κ3) is 5.83. The second kappa shape index (κ2) is 8.27. The predicted molar refractivity (Wildman–Crippen MR) is 55.4 cm³/mol. The van der Waals surface area contributed by atoms with Gasteiger partial charge in [-0.3, -0.25) is 0 Å². The minimum Gasteiger partial charge on any atom is -0.232 e. The van der Waals surface area contributed by atoms with Crippen LogP contribution in [0.1, 0.15) is 40.5 Å². The van der Waals surface area contributed by atoms with Crippen LogP contribution in [-0.2, 0) is 9.78 Å². The first-order valence-corrected chi connectivity index (χ1v) is 5.21. The third-order valence-electron chi connectivity index (χ3n) is 1.87. The summed E-state index contributed by atoms with van der Waals surface area (Å²) in [4.78, 5) is 9.86. The van der Waals surface area contributed by atoms with Gasteiger partial charge in [0.05, 0.1) is 0 Å². The fourth-order valence-electron chi connectivity index (χ4n) is 0.896. The molecule has 0 saturated carbocycles. The summed E-state index contributed by atoms with van der Waals surface area (Å²) in [5.41, 5.74) is 0. The van der Waals surface area contributed by atoms with E-state index in [4.69, 9.17) is 9.78 Å². The van der Waals surface area contributed by atoms with Crippen LogP contribution in [0.25, 0.3) is 0 Å². The van der Waals surface area contributed by atoms with E-state index in [9.17, 15) is 0 Å². The molecule has 0 aliphatic carbocycles. The van der Waals surface area contributed by atoms with Crippen LogP contribution in [0.4, 0.5) is 0 Å². The van der Waals surface area contributed by atoms with Crippen molar-refractivity contribution >= 4 is 0 Å². The summed E-state index contributed by atoms with van der Waals surface area (Å²) in [6, 6.07) is 0. The molecule has 1 heterocycles. The smallest absolute Gasteiger partial charge is 0.114 e. The molecule has 0 N–H and O–H groups in total. The van der Waals surface area contributed by atoms with Crippen LogP contribution >= 0.6 is 0 Å². The summed E-state index contributed by atoms with van der Waals surface area (Å²) in [7, 11) is 0. The van der Waals surface area contributed by atoms with Gasteiger partial charge in [-0.05, 0) is 5.92 Å². The van der Waals surface area contributed by atoms with Crippen molar-refractivity contribution in [1.82, 2.24) is 0 Å². The Morgan fingerprint density at radius 3 is 2.38 bits per heavy atom. The Hall–Kier alpha value is -0.340. The lowest BCUT2D eigenvalue weighted by Gasteiger charge is -2.21. The number of rotatable bonds is 2. The summed E-state index contributed by atoms with van der Waals surface area (Å²) in [6.45, 7) is 9.15. The van der Waals surface area contributed by atoms with E-state index in [1.165, 1.54) is 6.42 Å². The number of hydrogen-bond donors (Lipinski definition) is 0. The predicted octanol–water partition coefficient (Wildman–Crippen LogP) is 3.34. The molecule has 13 heavy (non-hydrogen) atoms. The molecular formula is C11H22O2.